The van der Waals surface area contributed by atoms with Crippen LogP contribution in [0.1, 0.15) is 24.8 Å². The molecule has 1 aromatic rings. The molecule has 0 radical (unpaired) electrons. The molecule has 1 aliphatic carbocycles. The average molecular weight is 205 g/mol. The summed E-state index contributed by atoms with van der Waals surface area (Å²) in [6.07, 6.45) is 5.55. The first-order chi connectivity index (χ1) is 7.19. The first-order valence-electron chi connectivity index (χ1n) is 5.52. The predicted octanol–water partition coefficient (Wildman–Crippen LogP) is 1.53. The van der Waals surface area contributed by atoms with Crippen LogP contribution < -0.4 is 10.6 Å². The van der Waals surface area contributed by atoms with Gasteiger partial charge in [0.15, 0.2) is 0 Å². The third kappa shape index (κ3) is 1.61. The van der Waals surface area contributed by atoms with Crippen LogP contribution in [-0.2, 0) is 5.41 Å². The summed E-state index contributed by atoms with van der Waals surface area (Å²) in [5, 5.41) is 0. The summed E-state index contributed by atoms with van der Waals surface area (Å²) in [7, 11) is 4.07. The van der Waals surface area contributed by atoms with Gasteiger partial charge in [-0.2, -0.15) is 0 Å². The van der Waals surface area contributed by atoms with Gasteiger partial charge in [-0.3, -0.25) is 0 Å². The fourth-order valence-electron chi connectivity index (χ4n) is 2.35. The van der Waals surface area contributed by atoms with E-state index in [2.05, 4.69) is 16.0 Å². The van der Waals surface area contributed by atoms with E-state index in [0.29, 0.717) is 0 Å². The standard InChI is InChI=1S/C12H19N3/c1-15(2)11-10(5-3-8-14-11)12(9-13)6-4-7-12/h3,5,8H,4,6-7,9,13H2,1-2H3. The van der Waals surface area contributed by atoms with Gasteiger partial charge in [-0.15, -0.1) is 0 Å². The first kappa shape index (κ1) is 10.4. The Balaban J connectivity index is 2.42. The van der Waals surface area contributed by atoms with Gasteiger partial charge in [-0.1, -0.05) is 12.5 Å². The van der Waals surface area contributed by atoms with Crippen molar-refractivity contribution in [2.45, 2.75) is 24.7 Å². The van der Waals surface area contributed by atoms with Gasteiger partial charge in [0, 0.05) is 37.8 Å². The lowest BCUT2D eigenvalue weighted by Gasteiger charge is -2.42. The van der Waals surface area contributed by atoms with Crippen molar-refractivity contribution in [3.63, 3.8) is 0 Å². The smallest absolute Gasteiger partial charge is 0.131 e. The molecule has 1 aliphatic rings. The highest BCUT2D eigenvalue weighted by Gasteiger charge is 2.39. The normalized spacial score (nSPS) is 18.3. The maximum absolute atomic E-state index is 5.92. The molecule has 0 aromatic carbocycles. The molecule has 3 nitrogen and oxygen atoms in total. The molecule has 15 heavy (non-hydrogen) atoms. The van der Waals surface area contributed by atoms with Gasteiger partial charge in [0.25, 0.3) is 0 Å². The van der Waals surface area contributed by atoms with Crippen LogP contribution in [0.15, 0.2) is 18.3 Å². The maximum Gasteiger partial charge on any atom is 0.131 e. The van der Waals surface area contributed by atoms with Gasteiger partial charge in [-0.25, -0.2) is 4.98 Å². The topological polar surface area (TPSA) is 42.2 Å². The van der Waals surface area contributed by atoms with E-state index in [-0.39, 0.29) is 5.41 Å². The number of hydrogen-bond donors (Lipinski definition) is 1. The second-order valence-corrected chi connectivity index (χ2v) is 4.61. The minimum absolute atomic E-state index is 0.202. The molecule has 0 atom stereocenters. The van der Waals surface area contributed by atoms with Crippen molar-refractivity contribution in [3.05, 3.63) is 23.9 Å². The number of aromatic nitrogens is 1. The molecule has 1 heterocycles. The lowest BCUT2D eigenvalue weighted by atomic mass is 9.64. The lowest BCUT2D eigenvalue weighted by Crippen LogP contribution is -2.42. The van der Waals surface area contributed by atoms with Gasteiger partial charge in [0.2, 0.25) is 0 Å². The molecule has 2 rings (SSSR count). The summed E-state index contributed by atoms with van der Waals surface area (Å²) in [5.74, 6) is 1.07. The number of nitrogens with zero attached hydrogens (tertiary/aromatic N) is 2. The van der Waals surface area contributed by atoms with Crippen LogP contribution in [0.4, 0.5) is 5.82 Å². The molecule has 0 aliphatic heterocycles. The Hall–Kier alpha value is -1.09. The summed E-state index contributed by atoms with van der Waals surface area (Å²) in [4.78, 5) is 6.52. The Morgan fingerprint density at radius 3 is 2.67 bits per heavy atom. The molecule has 2 N–H and O–H groups in total. The Kier molecular flexibility index (Phi) is 2.65. The monoisotopic (exact) mass is 205 g/mol. The van der Waals surface area contributed by atoms with Crippen molar-refractivity contribution >= 4 is 5.82 Å². The lowest BCUT2D eigenvalue weighted by molar-refractivity contribution is 0.253. The number of pyridine rings is 1. The molecule has 0 amide bonds. The van der Waals surface area contributed by atoms with E-state index in [9.17, 15) is 0 Å². The highest BCUT2D eigenvalue weighted by Crippen LogP contribution is 2.45. The second-order valence-electron chi connectivity index (χ2n) is 4.61. The molecule has 82 valence electrons. The average Bonchev–Trinajstić information content (AvgIpc) is 2.17. The number of rotatable bonds is 3. The Morgan fingerprint density at radius 2 is 2.20 bits per heavy atom. The van der Waals surface area contributed by atoms with Crippen LogP contribution in [0.5, 0.6) is 0 Å². The summed E-state index contributed by atoms with van der Waals surface area (Å²) in [6, 6.07) is 4.19. The van der Waals surface area contributed by atoms with Gasteiger partial charge in [-0.05, 0) is 18.9 Å². The van der Waals surface area contributed by atoms with Crippen molar-refractivity contribution in [2.24, 2.45) is 5.73 Å². The zero-order chi connectivity index (χ0) is 10.9. The largest absolute Gasteiger partial charge is 0.363 e. The number of hydrogen-bond acceptors (Lipinski definition) is 3. The van der Waals surface area contributed by atoms with Crippen molar-refractivity contribution in [2.75, 3.05) is 25.5 Å². The molecule has 3 heteroatoms. The summed E-state index contributed by atoms with van der Waals surface area (Å²) >= 11 is 0. The third-order valence-electron chi connectivity index (χ3n) is 3.48. The Bertz CT molecular complexity index is 337. The van der Waals surface area contributed by atoms with Crippen LogP contribution in [0, 0.1) is 0 Å². The summed E-state index contributed by atoms with van der Waals surface area (Å²) < 4.78 is 0. The highest BCUT2D eigenvalue weighted by atomic mass is 15.1. The molecular weight excluding hydrogens is 186 g/mol. The fourth-order valence-corrected chi connectivity index (χ4v) is 2.35. The van der Waals surface area contributed by atoms with E-state index >= 15 is 0 Å². The third-order valence-corrected chi connectivity index (χ3v) is 3.48. The van der Waals surface area contributed by atoms with Crippen LogP contribution in [0.2, 0.25) is 0 Å². The molecule has 1 saturated carbocycles. The van der Waals surface area contributed by atoms with Crippen LogP contribution in [0.3, 0.4) is 0 Å². The Labute approximate surface area is 91.3 Å². The van der Waals surface area contributed by atoms with Crippen LogP contribution in [0.25, 0.3) is 0 Å². The van der Waals surface area contributed by atoms with E-state index in [4.69, 9.17) is 5.73 Å². The maximum atomic E-state index is 5.92. The quantitative estimate of drug-likeness (QED) is 0.813. The molecule has 0 unspecified atom stereocenters. The molecule has 1 fully saturated rings. The van der Waals surface area contributed by atoms with E-state index in [1.54, 1.807) is 0 Å². The van der Waals surface area contributed by atoms with Crippen molar-refractivity contribution < 1.29 is 0 Å². The predicted molar refractivity (Wildman–Crippen MR) is 63.1 cm³/mol. The minimum atomic E-state index is 0.202. The van der Waals surface area contributed by atoms with Crippen LogP contribution in [-0.4, -0.2) is 25.6 Å². The first-order valence-corrected chi connectivity index (χ1v) is 5.52. The number of anilines is 1. The van der Waals surface area contributed by atoms with E-state index in [1.807, 2.05) is 26.4 Å². The van der Waals surface area contributed by atoms with Gasteiger partial charge >= 0.3 is 0 Å². The molecular formula is C12H19N3. The van der Waals surface area contributed by atoms with Crippen molar-refractivity contribution in [1.29, 1.82) is 0 Å². The SMILES string of the molecule is CN(C)c1ncccc1C1(CN)CCC1. The Morgan fingerprint density at radius 1 is 1.47 bits per heavy atom. The molecule has 1 aromatic heterocycles. The molecule has 0 spiro atoms. The van der Waals surface area contributed by atoms with E-state index in [0.717, 1.165) is 12.4 Å². The highest BCUT2D eigenvalue weighted by molar-refractivity contribution is 5.50. The van der Waals surface area contributed by atoms with E-state index in [1.165, 1.54) is 24.8 Å². The summed E-state index contributed by atoms with van der Waals surface area (Å²) in [6.45, 7) is 0.736. The molecule has 0 bridgehead atoms. The second kappa shape index (κ2) is 3.81. The van der Waals surface area contributed by atoms with Gasteiger partial charge < -0.3 is 10.6 Å². The number of nitrogens with two attached hydrogens (primary N) is 1. The van der Waals surface area contributed by atoms with Crippen molar-refractivity contribution in [3.8, 4) is 0 Å². The fraction of sp³-hybridized carbons (Fsp3) is 0.583. The zero-order valence-electron chi connectivity index (χ0n) is 9.53. The van der Waals surface area contributed by atoms with Gasteiger partial charge in [0.1, 0.15) is 5.82 Å². The van der Waals surface area contributed by atoms with Gasteiger partial charge in [0.05, 0.1) is 0 Å². The van der Waals surface area contributed by atoms with Crippen LogP contribution >= 0.6 is 0 Å². The van der Waals surface area contributed by atoms with Crippen molar-refractivity contribution in [1.82, 2.24) is 4.98 Å². The van der Waals surface area contributed by atoms with E-state index < -0.39 is 0 Å². The zero-order valence-corrected chi connectivity index (χ0v) is 9.53. The summed E-state index contributed by atoms with van der Waals surface area (Å²) in [5.41, 5.74) is 7.45. The molecule has 0 saturated heterocycles. The minimum Gasteiger partial charge on any atom is -0.363 e.